The molecule has 0 saturated carbocycles. The van der Waals surface area contributed by atoms with Gasteiger partial charge in [0, 0.05) is 14.9 Å². The molecule has 3 aromatic rings. The molecule has 3 rings (SSSR count). The van der Waals surface area contributed by atoms with Crippen LogP contribution in [0.1, 0.15) is 12.6 Å². The maximum absolute atomic E-state index is 13.3. The first kappa shape index (κ1) is 17.3. The zero-order chi connectivity index (χ0) is 17.5. The number of aromatic nitrogens is 1. The van der Waals surface area contributed by atoms with Gasteiger partial charge in [-0.15, -0.1) is 0 Å². The van der Waals surface area contributed by atoms with Gasteiger partial charge in [0.25, 0.3) is 10.0 Å². The molecule has 0 atom stereocenters. The minimum absolute atomic E-state index is 0.188. The highest BCUT2D eigenvalue weighted by atomic mass is 79.9. The van der Waals surface area contributed by atoms with E-state index in [0.717, 1.165) is 5.39 Å². The summed E-state index contributed by atoms with van der Waals surface area (Å²) in [6.07, 6.45) is 0. The molecule has 24 heavy (non-hydrogen) atoms. The zero-order valence-electron chi connectivity index (χ0n) is 13.1. The molecule has 0 amide bonds. The molecule has 0 saturated heterocycles. The Morgan fingerprint density at radius 3 is 2.58 bits per heavy atom. The average molecular weight is 429 g/mol. The summed E-state index contributed by atoms with van der Waals surface area (Å²) in [5, 5.41) is 1.18. The van der Waals surface area contributed by atoms with E-state index < -0.39 is 10.0 Å². The Morgan fingerprint density at radius 2 is 1.92 bits per heavy atom. The highest BCUT2D eigenvalue weighted by molar-refractivity contribution is 9.10. The third-order valence-electron chi connectivity index (χ3n) is 3.70. The molecular formula is C17H15BrClNO3S. The molecule has 0 unspecified atom stereocenters. The number of nitrogens with zero attached hydrogens (tertiary/aromatic N) is 1. The highest BCUT2D eigenvalue weighted by Gasteiger charge is 2.27. The van der Waals surface area contributed by atoms with Crippen LogP contribution >= 0.6 is 27.5 Å². The van der Waals surface area contributed by atoms with Crippen molar-refractivity contribution in [3.05, 3.63) is 57.7 Å². The molecule has 4 nitrogen and oxygen atoms in total. The Hall–Kier alpha value is -1.50. The normalized spacial score (nSPS) is 11.8. The van der Waals surface area contributed by atoms with Gasteiger partial charge in [-0.05, 0) is 60.1 Å². The van der Waals surface area contributed by atoms with Crippen LogP contribution in [0.15, 0.2) is 51.8 Å². The van der Waals surface area contributed by atoms with Gasteiger partial charge in [-0.1, -0.05) is 23.7 Å². The van der Waals surface area contributed by atoms with Crippen molar-refractivity contribution in [2.75, 3.05) is 6.61 Å². The summed E-state index contributed by atoms with van der Waals surface area (Å²) in [7, 11) is -3.81. The summed E-state index contributed by atoms with van der Waals surface area (Å²) in [6, 6.07) is 11.9. The monoisotopic (exact) mass is 427 g/mol. The van der Waals surface area contributed by atoms with E-state index in [1.54, 1.807) is 49.4 Å². The van der Waals surface area contributed by atoms with Crippen molar-refractivity contribution in [1.82, 2.24) is 3.97 Å². The Kier molecular flexibility index (Phi) is 4.64. The fourth-order valence-corrected chi connectivity index (χ4v) is 5.40. The van der Waals surface area contributed by atoms with Crippen LogP contribution in [0.3, 0.4) is 0 Å². The van der Waals surface area contributed by atoms with E-state index in [0.29, 0.717) is 33.1 Å². The van der Waals surface area contributed by atoms with Gasteiger partial charge in [-0.2, -0.15) is 0 Å². The van der Waals surface area contributed by atoms with Crippen molar-refractivity contribution in [3.8, 4) is 5.75 Å². The summed E-state index contributed by atoms with van der Waals surface area (Å²) in [6.45, 7) is 4.03. The third-order valence-corrected chi connectivity index (χ3v) is 6.75. The van der Waals surface area contributed by atoms with Crippen LogP contribution in [0, 0.1) is 6.92 Å². The Balaban J connectivity index is 2.40. The van der Waals surface area contributed by atoms with Gasteiger partial charge in [0.15, 0.2) is 0 Å². The Bertz CT molecular complexity index is 1030. The third kappa shape index (κ3) is 2.72. The minimum Gasteiger partial charge on any atom is -0.491 e. The van der Waals surface area contributed by atoms with Crippen molar-refractivity contribution in [1.29, 1.82) is 0 Å². The fraction of sp³-hybridized carbons (Fsp3) is 0.176. The first-order valence-corrected chi connectivity index (χ1v) is 9.92. The number of hydrogen-bond donors (Lipinski definition) is 0. The second kappa shape index (κ2) is 6.43. The van der Waals surface area contributed by atoms with Crippen molar-refractivity contribution in [3.63, 3.8) is 0 Å². The van der Waals surface area contributed by atoms with Crippen LogP contribution < -0.4 is 4.74 Å². The molecule has 1 heterocycles. The maximum atomic E-state index is 13.3. The molecule has 0 spiro atoms. The van der Waals surface area contributed by atoms with E-state index in [-0.39, 0.29) is 4.90 Å². The predicted octanol–water partition coefficient (Wildman–Crippen LogP) is 5.00. The summed E-state index contributed by atoms with van der Waals surface area (Å²) in [5.41, 5.74) is 1.02. The lowest BCUT2D eigenvalue weighted by molar-refractivity contribution is 0.341. The van der Waals surface area contributed by atoms with Crippen LogP contribution in [0.25, 0.3) is 10.9 Å². The lowest BCUT2D eigenvalue weighted by atomic mass is 10.2. The molecular weight excluding hydrogens is 414 g/mol. The van der Waals surface area contributed by atoms with Gasteiger partial charge in [0.1, 0.15) is 10.6 Å². The summed E-state index contributed by atoms with van der Waals surface area (Å²) < 4.78 is 34.0. The molecule has 0 N–H and O–H groups in total. The lowest BCUT2D eigenvalue weighted by Gasteiger charge is -2.11. The first-order valence-electron chi connectivity index (χ1n) is 7.31. The SMILES string of the molecule is CCOc1c(C)n(S(=O)(=O)c2ccccc2Br)c2cc(Cl)ccc12. The van der Waals surface area contributed by atoms with E-state index in [1.165, 1.54) is 3.97 Å². The van der Waals surface area contributed by atoms with E-state index in [4.69, 9.17) is 16.3 Å². The molecule has 2 aromatic carbocycles. The highest BCUT2D eigenvalue weighted by Crippen LogP contribution is 2.37. The molecule has 1 aromatic heterocycles. The van der Waals surface area contributed by atoms with Crippen LogP contribution in [0.5, 0.6) is 5.75 Å². The standard InChI is InChI=1S/C17H15BrClNO3S/c1-3-23-17-11(2)20(15-10-12(19)8-9-13(15)17)24(21,22)16-7-5-4-6-14(16)18/h4-10H,3H2,1-2H3. The molecule has 126 valence electrons. The number of benzene rings is 2. The van der Waals surface area contributed by atoms with Crippen molar-refractivity contribution in [2.45, 2.75) is 18.7 Å². The zero-order valence-corrected chi connectivity index (χ0v) is 16.2. The Morgan fingerprint density at radius 1 is 1.21 bits per heavy atom. The van der Waals surface area contributed by atoms with Crippen LogP contribution in [0.2, 0.25) is 5.02 Å². The molecule has 0 aliphatic carbocycles. The molecule has 7 heteroatoms. The van der Waals surface area contributed by atoms with Gasteiger partial charge < -0.3 is 4.74 Å². The van der Waals surface area contributed by atoms with Crippen LogP contribution in [-0.4, -0.2) is 19.0 Å². The molecule has 0 fully saturated rings. The van der Waals surface area contributed by atoms with E-state index in [9.17, 15) is 8.42 Å². The number of halogens is 2. The molecule has 0 aliphatic rings. The number of fused-ring (bicyclic) bond motifs is 1. The minimum atomic E-state index is -3.81. The van der Waals surface area contributed by atoms with Crippen molar-refractivity contribution >= 4 is 48.5 Å². The van der Waals surface area contributed by atoms with E-state index in [2.05, 4.69) is 15.9 Å². The van der Waals surface area contributed by atoms with Gasteiger partial charge in [-0.3, -0.25) is 0 Å². The maximum Gasteiger partial charge on any atom is 0.269 e. The summed E-state index contributed by atoms with van der Waals surface area (Å²) in [5.74, 6) is 0.555. The largest absolute Gasteiger partial charge is 0.491 e. The lowest BCUT2D eigenvalue weighted by Crippen LogP contribution is -2.15. The number of rotatable bonds is 4. The summed E-state index contributed by atoms with van der Waals surface area (Å²) >= 11 is 9.42. The van der Waals surface area contributed by atoms with Gasteiger partial charge in [0.2, 0.25) is 0 Å². The molecule has 0 radical (unpaired) electrons. The van der Waals surface area contributed by atoms with Crippen LogP contribution in [0.4, 0.5) is 0 Å². The smallest absolute Gasteiger partial charge is 0.269 e. The van der Waals surface area contributed by atoms with Crippen molar-refractivity contribution < 1.29 is 13.2 Å². The Labute approximate surface area is 154 Å². The topological polar surface area (TPSA) is 48.3 Å². The van der Waals surface area contributed by atoms with Crippen LogP contribution in [-0.2, 0) is 10.0 Å². The average Bonchev–Trinajstić information content (AvgIpc) is 2.80. The van der Waals surface area contributed by atoms with Gasteiger partial charge >= 0.3 is 0 Å². The van der Waals surface area contributed by atoms with Gasteiger partial charge in [0.05, 0.1) is 17.8 Å². The first-order chi connectivity index (χ1) is 11.4. The van der Waals surface area contributed by atoms with Gasteiger partial charge in [-0.25, -0.2) is 12.4 Å². The summed E-state index contributed by atoms with van der Waals surface area (Å²) in [4.78, 5) is 0.188. The van der Waals surface area contributed by atoms with E-state index in [1.807, 2.05) is 6.92 Å². The second-order valence-corrected chi connectivity index (χ2v) is 8.25. The number of ether oxygens (including phenoxy) is 1. The van der Waals surface area contributed by atoms with E-state index >= 15 is 0 Å². The van der Waals surface area contributed by atoms with Crippen molar-refractivity contribution in [2.24, 2.45) is 0 Å². The quantitative estimate of drug-likeness (QED) is 0.587. The molecule has 0 aliphatic heterocycles. The fourth-order valence-electron chi connectivity index (χ4n) is 2.72. The molecule has 0 bridgehead atoms. The second-order valence-electron chi connectivity index (χ2n) is 5.21. The predicted molar refractivity (Wildman–Crippen MR) is 99.6 cm³/mol. The number of hydrogen-bond acceptors (Lipinski definition) is 3.